The van der Waals surface area contributed by atoms with Crippen LogP contribution in [0.5, 0.6) is 0 Å². The lowest BCUT2D eigenvalue weighted by molar-refractivity contribution is 0.439. The fourth-order valence-electron chi connectivity index (χ4n) is 1.41. The predicted octanol–water partition coefficient (Wildman–Crippen LogP) is 1.05. The Morgan fingerprint density at radius 3 is 2.59 bits per heavy atom. The second-order valence-corrected chi connectivity index (χ2v) is 5.87. The van der Waals surface area contributed by atoms with Crippen molar-refractivity contribution < 1.29 is 8.42 Å². The van der Waals surface area contributed by atoms with Crippen LogP contribution in [0.25, 0.3) is 0 Å². The van der Waals surface area contributed by atoms with Crippen LogP contribution in [-0.4, -0.2) is 26.3 Å². The number of hydrogen-bond acceptors (Lipinski definition) is 4. The molecule has 1 unspecified atom stereocenters. The van der Waals surface area contributed by atoms with E-state index in [2.05, 4.69) is 0 Å². The summed E-state index contributed by atoms with van der Waals surface area (Å²) in [5, 5.41) is 8.68. The Morgan fingerprint density at radius 2 is 2.06 bits per heavy atom. The average Bonchev–Trinajstić information content (AvgIpc) is 2.29. The van der Waals surface area contributed by atoms with Gasteiger partial charge in [-0.15, -0.1) is 0 Å². The van der Waals surface area contributed by atoms with Crippen LogP contribution >= 0.6 is 0 Å². The number of nitriles is 1. The van der Waals surface area contributed by atoms with Gasteiger partial charge in [0.1, 0.15) is 4.90 Å². The standard InChI is InChI=1S/C11H15N3O2S/c1-9(7-12)8-14(2)17(15,16)11-6-4-3-5-10(11)13/h3-6,9H,8,13H2,1-2H3. The molecule has 6 heteroatoms. The molecule has 0 fully saturated rings. The maximum Gasteiger partial charge on any atom is 0.244 e. The molecule has 0 amide bonds. The van der Waals surface area contributed by atoms with E-state index in [1.54, 1.807) is 19.1 Å². The summed E-state index contributed by atoms with van der Waals surface area (Å²) in [6.45, 7) is 1.81. The van der Waals surface area contributed by atoms with E-state index in [1.807, 2.05) is 6.07 Å². The SMILES string of the molecule is CC(C#N)CN(C)S(=O)(=O)c1ccccc1N. The molecule has 1 aromatic carbocycles. The summed E-state index contributed by atoms with van der Waals surface area (Å²) in [7, 11) is -2.18. The molecule has 0 spiro atoms. The molecule has 5 nitrogen and oxygen atoms in total. The Labute approximate surface area is 102 Å². The van der Waals surface area contributed by atoms with Crippen molar-refractivity contribution in [3.8, 4) is 6.07 Å². The topological polar surface area (TPSA) is 87.2 Å². The Balaban J connectivity index is 3.05. The molecule has 1 atom stereocenters. The normalized spacial score (nSPS) is 13.3. The largest absolute Gasteiger partial charge is 0.398 e. The van der Waals surface area contributed by atoms with E-state index < -0.39 is 10.0 Å². The molecular formula is C11H15N3O2S. The van der Waals surface area contributed by atoms with E-state index in [0.29, 0.717) is 0 Å². The maximum atomic E-state index is 12.1. The quantitative estimate of drug-likeness (QED) is 0.812. The highest BCUT2D eigenvalue weighted by atomic mass is 32.2. The molecule has 0 aliphatic rings. The third-order valence-corrected chi connectivity index (χ3v) is 4.26. The first-order chi connectivity index (χ1) is 7.89. The smallest absolute Gasteiger partial charge is 0.244 e. The summed E-state index contributed by atoms with van der Waals surface area (Å²) in [5.74, 6) is -0.361. The molecule has 2 N–H and O–H groups in total. The fourth-order valence-corrected chi connectivity index (χ4v) is 2.78. The zero-order valence-electron chi connectivity index (χ0n) is 9.79. The Hall–Kier alpha value is -1.58. The summed E-state index contributed by atoms with van der Waals surface area (Å²) in [4.78, 5) is 0.0765. The molecular weight excluding hydrogens is 238 g/mol. The van der Waals surface area contributed by atoms with Gasteiger partial charge >= 0.3 is 0 Å². The number of nitrogens with zero attached hydrogens (tertiary/aromatic N) is 2. The molecule has 1 rings (SSSR count). The van der Waals surface area contributed by atoms with Crippen molar-refractivity contribution in [1.82, 2.24) is 4.31 Å². The second-order valence-electron chi connectivity index (χ2n) is 3.85. The van der Waals surface area contributed by atoms with Crippen LogP contribution in [0.2, 0.25) is 0 Å². The minimum atomic E-state index is -3.62. The van der Waals surface area contributed by atoms with Crippen LogP contribution in [-0.2, 0) is 10.0 Å². The van der Waals surface area contributed by atoms with Gasteiger partial charge in [-0.25, -0.2) is 8.42 Å². The van der Waals surface area contributed by atoms with Crippen molar-refractivity contribution >= 4 is 15.7 Å². The summed E-state index contributed by atoms with van der Waals surface area (Å²) < 4.78 is 25.4. The summed E-state index contributed by atoms with van der Waals surface area (Å²) in [5.41, 5.74) is 5.85. The van der Waals surface area contributed by atoms with E-state index >= 15 is 0 Å². The van der Waals surface area contributed by atoms with Gasteiger partial charge in [0.2, 0.25) is 10.0 Å². The lowest BCUT2D eigenvalue weighted by atomic mass is 10.2. The van der Waals surface area contributed by atoms with Gasteiger partial charge in [0, 0.05) is 13.6 Å². The third-order valence-electron chi connectivity index (χ3n) is 2.36. The van der Waals surface area contributed by atoms with Crippen molar-refractivity contribution in [3.05, 3.63) is 24.3 Å². The summed E-state index contributed by atoms with van der Waals surface area (Å²) in [6.07, 6.45) is 0. The van der Waals surface area contributed by atoms with E-state index in [4.69, 9.17) is 11.0 Å². The monoisotopic (exact) mass is 253 g/mol. The van der Waals surface area contributed by atoms with Crippen LogP contribution in [0.1, 0.15) is 6.92 Å². The summed E-state index contributed by atoms with van der Waals surface area (Å²) in [6, 6.07) is 8.28. The first kappa shape index (κ1) is 13.5. The molecule has 0 aromatic heterocycles. The van der Waals surface area contributed by atoms with Crippen LogP contribution in [0, 0.1) is 17.2 Å². The van der Waals surface area contributed by atoms with Gasteiger partial charge in [-0.05, 0) is 19.1 Å². The summed E-state index contributed by atoms with van der Waals surface area (Å²) >= 11 is 0. The van der Waals surface area contributed by atoms with Gasteiger partial charge in [0.25, 0.3) is 0 Å². The lowest BCUT2D eigenvalue weighted by Gasteiger charge is -2.19. The number of anilines is 1. The first-order valence-corrected chi connectivity index (χ1v) is 6.54. The number of nitrogen functional groups attached to an aromatic ring is 1. The third kappa shape index (κ3) is 2.96. The molecule has 0 aliphatic heterocycles. The van der Waals surface area contributed by atoms with E-state index in [1.165, 1.54) is 19.2 Å². The van der Waals surface area contributed by atoms with Gasteiger partial charge in [-0.3, -0.25) is 0 Å². The van der Waals surface area contributed by atoms with E-state index in [-0.39, 0.29) is 23.0 Å². The number of para-hydroxylation sites is 1. The van der Waals surface area contributed by atoms with Crippen LogP contribution in [0.3, 0.4) is 0 Å². The van der Waals surface area contributed by atoms with Gasteiger partial charge in [0.15, 0.2) is 0 Å². The van der Waals surface area contributed by atoms with Gasteiger partial charge in [-0.1, -0.05) is 12.1 Å². The minimum absolute atomic E-state index is 0.0765. The zero-order valence-corrected chi connectivity index (χ0v) is 10.6. The highest BCUT2D eigenvalue weighted by molar-refractivity contribution is 7.89. The van der Waals surface area contributed by atoms with Crippen LogP contribution in [0.15, 0.2) is 29.2 Å². The molecule has 0 bridgehead atoms. The zero-order chi connectivity index (χ0) is 13.1. The molecule has 0 saturated carbocycles. The van der Waals surface area contributed by atoms with Crippen molar-refractivity contribution in [1.29, 1.82) is 5.26 Å². The lowest BCUT2D eigenvalue weighted by Crippen LogP contribution is -2.31. The van der Waals surface area contributed by atoms with Crippen LogP contribution in [0.4, 0.5) is 5.69 Å². The second kappa shape index (κ2) is 5.17. The van der Waals surface area contributed by atoms with Gasteiger partial charge in [0.05, 0.1) is 17.7 Å². The molecule has 0 radical (unpaired) electrons. The number of nitrogens with two attached hydrogens (primary N) is 1. The first-order valence-electron chi connectivity index (χ1n) is 5.10. The van der Waals surface area contributed by atoms with Gasteiger partial charge < -0.3 is 5.73 Å². The molecule has 0 saturated heterocycles. The minimum Gasteiger partial charge on any atom is -0.398 e. The van der Waals surface area contributed by atoms with E-state index in [9.17, 15) is 8.42 Å². The van der Waals surface area contributed by atoms with Crippen LogP contribution < -0.4 is 5.73 Å². The number of benzene rings is 1. The maximum absolute atomic E-state index is 12.1. The molecule has 92 valence electrons. The Bertz CT molecular complexity index is 534. The average molecular weight is 253 g/mol. The molecule has 0 aliphatic carbocycles. The molecule has 17 heavy (non-hydrogen) atoms. The van der Waals surface area contributed by atoms with Crippen molar-refractivity contribution in [2.24, 2.45) is 5.92 Å². The Kier molecular flexibility index (Phi) is 4.10. The van der Waals surface area contributed by atoms with Crippen molar-refractivity contribution in [2.45, 2.75) is 11.8 Å². The number of sulfonamides is 1. The van der Waals surface area contributed by atoms with Crippen molar-refractivity contribution in [3.63, 3.8) is 0 Å². The highest BCUT2D eigenvalue weighted by Crippen LogP contribution is 2.21. The fraction of sp³-hybridized carbons (Fsp3) is 0.364. The van der Waals surface area contributed by atoms with Gasteiger partial charge in [-0.2, -0.15) is 9.57 Å². The highest BCUT2D eigenvalue weighted by Gasteiger charge is 2.24. The number of rotatable bonds is 4. The predicted molar refractivity (Wildman–Crippen MR) is 65.4 cm³/mol. The van der Waals surface area contributed by atoms with Crippen molar-refractivity contribution in [2.75, 3.05) is 19.3 Å². The Morgan fingerprint density at radius 1 is 1.47 bits per heavy atom. The molecule has 1 aromatic rings. The number of hydrogen-bond donors (Lipinski definition) is 1. The van der Waals surface area contributed by atoms with E-state index in [0.717, 1.165) is 4.31 Å². The molecule has 0 heterocycles.